The average Bonchev–Trinajstić information content (AvgIpc) is 2.94. The molecule has 6 nitrogen and oxygen atoms in total. The van der Waals surface area contributed by atoms with E-state index in [1.54, 1.807) is 13.3 Å². The molecule has 27 heavy (non-hydrogen) atoms. The molecule has 0 aliphatic carbocycles. The predicted octanol–water partition coefficient (Wildman–Crippen LogP) is 3.96. The van der Waals surface area contributed by atoms with Crippen molar-refractivity contribution in [3.05, 3.63) is 52.8 Å². The highest BCUT2D eigenvalue weighted by atomic mass is 16.5. The number of methoxy groups -OCH3 is 1. The second kappa shape index (κ2) is 5.99. The molecule has 2 N–H and O–H groups in total. The zero-order valence-corrected chi connectivity index (χ0v) is 15.7. The van der Waals surface area contributed by atoms with Gasteiger partial charge in [0.15, 0.2) is 0 Å². The van der Waals surface area contributed by atoms with Gasteiger partial charge in [-0.05, 0) is 44.5 Å². The Labute approximate surface area is 156 Å². The van der Waals surface area contributed by atoms with Crippen LogP contribution in [0.5, 0.6) is 5.75 Å². The fraction of sp³-hybridized carbons (Fsp3) is 0.190. The van der Waals surface area contributed by atoms with Crippen LogP contribution in [-0.2, 0) is 0 Å². The van der Waals surface area contributed by atoms with Crippen molar-refractivity contribution in [1.29, 1.82) is 5.26 Å². The number of ether oxygens (including phenoxy) is 1. The maximum Gasteiger partial charge on any atom is 0.129 e. The first-order valence-corrected chi connectivity index (χ1v) is 8.59. The molecule has 0 spiro atoms. The van der Waals surface area contributed by atoms with Gasteiger partial charge in [0, 0.05) is 22.8 Å². The summed E-state index contributed by atoms with van der Waals surface area (Å²) >= 11 is 0. The maximum atomic E-state index is 9.75. The van der Waals surface area contributed by atoms with Crippen molar-refractivity contribution in [1.82, 2.24) is 14.5 Å². The van der Waals surface area contributed by atoms with Gasteiger partial charge in [-0.1, -0.05) is 6.07 Å². The first-order chi connectivity index (χ1) is 13.0. The molecule has 0 aliphatic rings. The molecule has 0 fully saturated rings. The lowest BCUT2D eigenvalue weighted by Gasteiger charge is -2.17. The Kier molecular flexibility index (Phi) is 3.74. The summed E-state index contributed by atoms with van der Waals surface area (Å²) in [5.74, 6) is 1.12. The largest absolute Gasteiger partial charge is 0.496 e. The van der Waals surface area contributed by atoms with Gasteiger partial charge in [0.2, 0.25) is 0 Å². The maximum absolute atomic E-state index is 9.75. The van der Waals surface area contributed by atoms with Crippen LogP contribution in [0.2, 0.25) is 0 Å². The van der Waals surface area contributed by atoms with E-state index in [1.807, 2.05) is 49.6 Å². The molecule has 134 valence electrons. The van der Waals surface area contributed by atoms with E-state index in [0.29, 0.717) is 16.9 Å². The van der Waals surface area contributed by atoms with Crippen molar-refractivity contribution in [3.8, 4) is 17.5 Å². The number of aromatic nitrogens is 3. The van der Waals surface area contributed by atoms with Crippen molar-refractivity contribution in [3.63, 3.8) is 0 Å². The van der Waals surface area contributed by atoms with Gasteiger partial charge in [0.05, 0.1) is 18.3 Å². The second-order valence-electron chi connectivity index (χ2n) is 6.56. The number of nitrogens with two attached hydrogens (primary N) is 1. The molecule has 0 saturated carbocycles. The van der Waals surface area contributed by atoms with Gasteiger partial charge in [-0.2, -0.15) is 5.26 Å². The zero-order valence-electron chi connectivity index (χ0n) is 15.7. The number of fused-ring (bicyclic) bond motifs is 3. The third-order valence-electron chi connectivity index (χ3n) is 5.02. The number of hydrogen-bond donors (Lipinski definition) is 1. The monoisotopic (exact) mass is 357 g/mol. The summed E-state index contributed by atoms with van der Waals surface area (Å²) in [6.07, 6.45) is 1.74. The fourth-order valence-corrected chi connectivity index (χ4v) is 3.74. The number of nitrogen functional groups attached to an aromatic ring is 1. The van der Waals surface area contributed by atoms with Crippen LogP contribution >= 0.6 is 0 Å². The van der Waals surface area contributed by atoms with E-state index < -0.39 is 0 Å². The molecule has 0 radical (unpaired) electrons. The normalized spacial score (nSPS) is 11.1. The Balaban J connectivity index is 2.29. The lowest BCUT2D eigenvalue weighted by Crippen LogP contribution is -2.06. The Morgan fingerprint density at radius 3 is 2.63 bits per heavy atom. The van der Waals surface area contributed by atoms with Crippen LogP contribution in [0.4, 0.5) is 5.82 Å². The summed E-state index contributed by atoms with van der Waals surface area (Å²) in [6, 6.07) is 10.00. The van der Waals surface area contributed by atoms with Crippen LogP contribution < -0.4 is 10.5 Å². The molecule has 0 unspecified atom stereocenters. The summed E-state index contributed by atoms with van der Waals surface area (Å²) in [6.45, 7) is 5.91. The lowest BCUT2D eigenvalue weighted by molar-refractivity contribution is 0.411. The van der Waals surface area contributed by atoms with Gasteiger partial charge in [-0.3, -0.25) is 9.55 Å². The number of pyridine rings is 2. The van der Waals surface area contributed by atoms with E-state index >= 15 is 0 Å². The number of nitrogens with zero attached hydrogens (tertiary/aromatic N) is 4. The Morgan fingerprint density at radius 2 is 1.93 bits per heavy atom. The zero-order chi connectivity index (χ0) is 19.3. The molecule has 3 aromatic heterocycles. The highest BCUT2D eigenvalue weighted by Crippen LogP contribution is 2.38. The summed E-state index contributed by atoms with van der Waals surface area (Å²) in [5.41, 5.74) is 12.6. The van der Waals surface area contributed by atoms with Crippen LogP contribution in [0, 0.1) is 32.1 Å². The van der Waals surface area contributed by atoms with Crippen molar-refractivity contribution in [2.24, 2.45) is 0 Å². The Morgan fingerprint density at radius 1 is 1.15 bits per heavy atom. The van der Waals surface area contributed by atoms with E-state index in [2.05, 4.69) is 16.0 Å². The van der Waals surface area contributed by atoms with E-state index in [1.165, 1.54) is 0 Å². The standard InChI is InChI=1S/C21H19N5O/c1-11-7-8-16(27-4)12(2)19(11)26-20-17-14(6-5-9-24-17)13(3)25-18(20)15(10-22)21(26)23/h5-9H,23H2,1-4H3. The van der Waals surface area contributed by atoms with Crippen molar-refractivity contribution < 1.29 is 4.74 Å². The number of hydrogen-bond acceptors (Lipinski definition) is 5. The topological polar surface area (TPSA) is 89.8 Å². The highest BCUT2D eigenvalue weighted by Gasteiger charge is 2.24. The second-order valence-corrected chi connectivity index (χ2v) is 6.56. The number of nitriles is 1. The number of aryl methyl sites for hydroxylation is 2. The van der Waals surface area contributed by atoms with Crippen LogP contribution in [0.1, 0.15) is 22.4 Å². The predicted molar refractivity (Wildman–Crippen MR) is 106 cm³/mol. The molecule has 4 rings (SSSR count). The summed E-state index contributed by atoms with van der Waals surface area (Å²) in [4.78, 5) is 9.28. The summed E-state index contributed by atoms with van der Waals surface area (Å²) < 4.78 is 7.40. The Hall–Kier alpha value is -3.59. The van der Waals surface area contributed by atoms with Crippen LogP contribution in [0.3, 0.4) is 0 Å². The first kappa shape index (κ1) is 16.9. The minimum absolute atomic E-state index is 0.358. The molecule has 3 heterocycles. The van der Waals surface area contributed by atoms with Crippen molar-refractivity contribution in [2.45, 2.75) is 20.8 Å². The quantitative estimate of drug-likeness (QED) is 0.586. The van der Waals surface area contributed by atoms with Crippen molar-refractivity contribution in [2.75, 3.05) is 12.8 Å². The molecule has 0 atom stereocenters. The van der Waals surface area contributed by atoms with Gasteiger partial charge in [-0.15, -0.1) is 0 Å². The number of anilines is 1. The molecule has 4 aromatic rings. The van der Waals surface area contributed by atoms with Gasteiger partial charge >= 0.3 is 0 Å². The fourth-order valence-electron chi connectivity index (χ4n) is 3.74. The van der Waals surface area contributed by atoms with E-state index in [4.69, 9.17) is 10.5 Å². The van der Waals surface area contributed by atoms with E-state index in [0.717, 1.165) is 44.7 Å². The highest BCUT2D eigenvalue weighted by molar-refractivity contribution is 6.07. The van der Waals surface area contributed by atoms with Gasteiger partial charge < -0.3 is 10.5 Å². The van der Waals surface area contributed by atoms with Gasteiger partial charge in [-0.25, -0.2) is 4.98 Å². The van der Waals surface area contributed by atoms with E-state index in [-0.39, 0.29) is 0 Å². The number of rotatable bonds is 2. The van der Waals surface area contributed by atoms with Crippen molar-refractivity contribution >= 4 is 27.8 Å². The van der Waals surface area contributed by atoms with Crippen LogP contribution in [0.25, 0.3) is 27.6 Å². The van der Waals surface area contributed by atoms with Crippen LogP contribution in [-0.4, -0.2) is 21.6 Å². The third-order valence-corrected chi connectivity index (χ3v) is 5.02. The molecule has 6 heteroatoms. The van der Waals surface area contributed by atoms with E-state index in [9.17, 15) is 5.26 Å². The minimum Gasteiger partial charge on any atom is -0.496 e. The molecule has 0 amide bonds. The Bertz CT molecular complexity index is 1260. The lowest BCUT2D eigenvalue weighted by atomic mass is 10.1. The molecular formula is C21H19N5O. The molecule has 0 bridgehead atoms. The SMILES string of the molecule is COc1ccc(C)c(-n2c(N)c(C#N)c3nc(C)c4cccnc4c32)c1C. The smallest absolute Gasteiger partial charge is 0.129 e. The van der Waals surface area contributed by atoms with Gasteiger partial charge in [0.1, 0.15) is 34.2 Å². The van der Waals surface area contributed by atoms with Crippen LogP contribution in [0.15, 0.2) is 30.5 Å². The van der Waals surface area contributed by atoms with Gasteiger partial charge in [0.25, 0.3) is 0 Å². The third kappa shape index (κ3) is 2.25. The summed E-state index contributed by atoms with van der Waals surface area (Å²) in [5, 5.41) is 10.7. The minimum atomic E-state index is 0.358. The first-order valence-electron chi connectivity index (χ1n) is 8.59. The molecule has 1 aromatic carbocycles. The summed E-state index contributed by atoms with van der Waals surface area (Å²) in [7, 11) is 1.64. The molecule has 0 aliphatic heterocycles. The molecule has 0 saturated heterocycles. The average molecular weight is 357 g/mol. The number of benzene rings is 1. The molecular weight excluding hydrogens is 338 g/mol.